The molecule has 0 aromatic heterocycles. The molecule has 0 amide bonds. The van der Waals surface area contributed by atoms with Gasteiger partial charge in [-0.25, -0.2) is 8.78 Å². The molecule has 2 rings (SSSR count). The largest absolute Gasteiger partial charge is 0.497 e. The number of halogens is 4. The van der Waals surface area contributed by atoms with E-state index in [0.29, 0.717) is 5.02 Å². The van der Waals surface area contributed by atoms with Crippen molar-refractivity contribution in [2.24, 2.45) is 0 Å². The third kappa shape index (κ3) is 3.22. The smallest absolute Gasteiger partial charge is 0.134 e. The molecule has 0 spiro atoms. The fraction of sp³-hybridized carbons (Fsp3) is 0.200. The van der Waals surface area contributed by atoms with Gasteiger partial charge in [0, 0.05) is 22.7 Å². The third-order valence-electron chi connectivity index (χ3n) is 2.96. The van der Waals surface area contributed by atoms with Crippen molar-refractivity contribution >= 4 is 23.2 Å². The minimum Gasteiger partial charge on any atom is -0.497 e. The van der Waals surface area contributed by atoms with Gasteiger partial charge in [0.25, 0.3) is 0 Å². The molecule has 0 aliphatic rings. The number of alkyl halides is 1. The van der Waals surface area contributed by atoms with Crippen molar-refractivity contribution in [1.29, 1.82) is 0 Å². The van der Waals surface area contributed by atoms with Crippen molar-refractivity contribution in [1.82, 2.24) is 0 Å². The van der Waals surface area contributed by atoms with Crippen molar-refractivity contribution in [3.63, 3.8) is 0 Å². The van der Waals surface area contributed by atoms with Gasteiger partial charge in [0.1, 0.15) is 17.4 Å². The molecule has 0 saturated heterocycles. The molecule has 5 heteroatoms. The van der Waals surface area contributed by atoms with E-state index in [4.69, 9.17) is 27.9 Å². The van der Waals surface area contributed by atoms with Crippen LogP contribution < -0.4 is 4.74 Å². The first-order valence-corrected chi connectivity index (χ1v) is 6.74. The summed E-state index contributed by atoms with van der Waals surface area (Å²) in [6.07, 6.45) is 0.237. The first-order valence-electron chi connectivity index (χ1n) is 5.93. The van der Waals surface area contributed by atoms with E-state index >= 15 is 0 Å². The second-order valence-corrected chi connectivity index (χ2v) is 5.20. The Balaban J connectivity index is 2.30. The van der Waals surface area contributed by atoms with Crippen LogP contribution in [0.15, 0.2) is 36.4 Å². The Morgan fingerprint density at radius 1 is 1.15 bits per heavy atom. The third-order valence-corrected chi connectivity index (χ3v) is 3.70. The van der Waals surface area contributed by atoms with Crippen molar-refractivity contribution < 1.29 is 13.5 Å². The number of ether oxygens (including phenoxy) is 1. The lowest BCUT2D eigenvalue weighted by Crippen LogP contribution is -2.04. The normalized spacial score (nSPS) is 12.2. The molecule has 20 heavy (non-hydrogen) atoms. The van der Waals surface area contributed by atoms with E-state index in [9.17, 15) is 8.78 Å². The van der Waals surface area contributed by atoms with Crippen LogP contribution in [0.25, 0.3) is 0 Å². The van der Waals surface area contributed by atoms with E-state index in [1.165, 1.54) is 7.11 Å². The van der Waals surface area contributed by atoms with Crippen LogP contribution in [0.4, 0.5) is 8.78 Å². The fourth-order valence-electron chi connectivity index (χ4n) is 1.94. The van der Waals surface area contributed by atoms with Crippen LogP contribution in [0.3, 0.4) is 0 Å². The lowest BCUT2D eigenvalue weighted by molar-refractivity contribution is 0.405. The maximum Gasteiger partial charge on any atom is 0.134 e. The van der Waals surface area contributed by atoms with Gasteiger partial charge in [0.05, 0.1) is 12.5 Å². The number of methoxy groups -OCH3 is 1. The molecule has 0 bridgehead atoms. The molecular weight excluding hydrogens is 305 g/mol. The highest BCUT2D eigenvalue weighted by Crippen LogP contribution is 2.33. The summed E-state index contributed by atoms with van der Waals surface area (Å²) in [5, 5.41) is -0.326. The zero-order valence-corrected chi connectivity index (χ0v) is 12.2. The maximum atomic E-state index is 13.9. The fourth-order valence-corrected chi connectivity index (χ4v) is 2.52. The van der Waals surface area contributed by atoms with Crippen molar-refractivity contribution in [3.8, 4) is 5.75 Å². The molecule has 2 aromatic rings. The van der Waals surface area contributed by atoms with E-state index in [0.717, 1.165) is 17.7 Å². The first kappa shape index (κ1) is 15.1. The minimum atomic E-state index is -0.846. The van der Waals surface area contributed by atoms with Crippen molar-refractivity contribution in [2.45, 2.75) is 11.8 Å². The predicted molar refractivity (Wildman–Crippen MR) is 76.7 cm³/mol. The number of hydrogen-bond donors (Lipinski definition) is 0. The van der Waals surface area contributed by atoms with Gasteiger partial charge in [-0.2, -0.15) is 0 Å². The van der Waals surface area contributed by atoms with Gasteiger partial charge in [-0.15, -0.1) is 11.6 Å². The lowest BCUT2D eigenvalue weighted by Gasteiger charge is -2.14. The first-order chi connectivity index (χ1) is 9.52. The summed E-state index contributed by atoms with van der Waals surface area (Å²) >= 11 is 12.2. The Morgan fingerprint density at radius 3 is 2.30 bits per heavy atom. The summed E-state index contributed by atoms with van der Waals surface area (Å²) in [6, 6.07) is 9.29. The molecule has 0 aliphatic heterocycles. The lowest BCUT2D eigenvalue weighted by atomic mass is 10.0. The van der Waals surface area contributed by atoms with Crippen LogP contribution in [-0.2, 0) is 6.42 Å². The highest BCUT2D eigenvalue weighted by molar-refractivity contribution is 6.31. The standard InChI is InChI=1S/C15H12Cl2F2O/c1-20-10-7-13(18)15(14(19)8-10)12(17)6-9-4-2-3-5-11(9)16/h2-5,7-8,12H,6H2,1H3. The molecular formula is C15H12Cl2F2O. The van der Waals surface area contributed by atoms with Crippen LogP contribution in [-0.4, -0.2) is 7.11 Å². The van der Waals surface area contributed by atoms with E-state index in [-0.39, 0.29) is 17.7 Å². The van der Waals surface area contributed by atoms with E-state index in [2.05, 4.69) is 0 Å². The Labute approximate surface area is 126 Å². The molecule has 0 saturated carbocycles. The second-order valence-electron chi connectivity index (χ2n) is 4.27. The molecule has 2 aromatic carbocycles. The van der Waals surface area contributed by atoms with E-state index in [1.54, 1.807) is 24.3 Å². The molecule has 1 unspecified atom stereocenters. The topological polar surface area (TPSA) is 9.23 Å². The van der Waals surface area contributed by atoms with Crippen molar-refractivity contribution in [2.75, 3.05) is 7.11 Å². The highest BCUT2D eigenvalue weighted by Gasteiger charge is 2.20. The van der Waals surface area contributed by atoms with Crippen LogP contribution in [0, 0.1) is 11.6 Å². The Hall–Kier alpha value is -1.32. The number of rotatable bonds is 4. The molecule has 0 heterocycles. The van der Waals surface area contributed by atoms with Gasteiger partial charge >= 0.3 is 0 Å². The van der Waals surface area contributed by atoms with Gasteiger partial charge in [-0.05, 0) is 18.1 Å². The van der Waals surface area contributed by atoms with Gasteiger partial charge in [0.2, 0.25) is 0 Å². The van der Waals surface area contributed by atoms with Gasteiger partial charge in [-0.3, -0.25) is 0 Å². The van der Waals surface area contributed by atoms with E-state index < -0.39 is 17.0 Å². The monoisotopic (exact) mass is 316 g/mol. The summed E-state index contributed by atoms with van der Waals surface area (Å²) in [5.41, 5.74) is 0.566. The van der Waals surface area contributed by atoms with Crippen LogP contribution in [0.5, 0.6) is 5.75 Å². The Kier molecular flexibility index (Phi) is 4.84. The highest BCUT2D eigenvalue weighted by atomic mass is 35.5. The van der Waals surface area contributed by atoms with Crippen LogP contribution >= 0.6 is 23.2 Å². The maximum absolute atomic E-state index is 13.9. The van der Waals surface area contributed by atoms with Crippen LogP contribution in [0.1, 0.15) is 16.5 Å². The molecule has 0 aliphatic carbocycles. The molecule has 1 nitrogen and oxygen atoms in total. The summed E-state index contributed by atoms with van der Waals surface area (Å²) in [5.74, 6) is -1.34. The molecule has 0 fully saturated rings. The van der Waals surface area contributed by atoms with E-state index in [1.807, 2.05) is 0 Å². The molecule has 0 radical (unpaired) electrons. The predicted octanol–water partition coefficient (Wildman–Crippen LogP) is 5.15. The molecule has 1 atom stereocenters. The zero-order valence-electron chi connectivity index (χ0n) is 10.7. The quantitative estimate of drug-likeness (QED) is 0.709. The average molecular weight is 317 g/mol. The minimum absolute atomic E-state index is 0.116. The van der Waals surface area contributed by atoms with Gasteiger partial charge < -0.3 is 4.74 Å². The number of hydrogen-bond acceptors (Lipinski definition) is 1. The Bertz CT molecular complexity index is 594. The van der Waals surface area contributed by atoms with Crippen molar-refractivity contribution in [3.05, 3.63) is 64.2 Å². The second kappa shape index (κ2) is 6.42. The summed E-state index contributed by atoms with van der Waals surface area (Å²) in [4.78, 5) is 0. The zero-order chi connectivity index (χ0) is 14.7. The van der Waals surface area contributed by atoms with Crippen LogP contribution in [0.2, 0.25) is 5.02 Å². The van der Waals surface area contributed by atoms with Gasteiger partial charge in [-0.1, -0.05) is 29.8 Å². The molecule has 106 valence electrons. The Morgan fingerprint density at radius 2 is 1.75 bits per heavy atom. The van der Waals surface area contributed by atoms with Gasteiger partial charge in [0.15, 0.2) is 0 Å². The SMILES string of the molecule is COc1cc(F)c(C(Cl)Cc2ccccc2Cl)c(F)c1. The molecule has 0 N–H and O–H groups in total. The number of benzene rings is 2. The summed E-state index contributed by atoms with van der Waals surface area (Å²) in [7, 11) is 1.34. The summed E-state index contributed by atoms with van der Waals surface area (Å²) < 4.78 is 32.6. The average Bonchev–Trinajstić information content (AvgIpc) is 2.40. The summed E-state index contributed by atoms with van der Waals surface area (Å²) in [6.45, 7) is 0.